The average Bonchev–Trinajstić information content (AvgIpc) is 2.94. The van der Waals surface area contributed by atoms with Gasteiger partial charge in [0.25, 0.3) is 0 Å². The lowest BCUT2D eigenvalue weighted by atomic mass is 9.92. The molecule has 0 spiro atoms. The molecule has 1 aromatic rings. The van der Waals surface area contributed by atoms with Crippen molar-refractivity contribution in [2.24, 2.45) is 11.8 Å². The second-order valence-corrected chi connectivity index (χ2v) is 5.67. The fraction of sp³-hybridized carbons (Fsp3) is 0.692. The number of hydrazine groups is 1. The number of nitrogen functional groups attached to an aromatic ring is 1. The fourth-order valence-electron chi connectivity index (χ4n) is 3.52. The van der Waals surface area contributed by atoms with Crippen LogP contribution >= 0.6 is 0 Å². The predicted octanol–water partition coefficient (Wildman–Crippen LogP) is 2.55. The van der Waals surface area contributed by atoms with Gasteiger partial charge in [0.15, 0.2) is 0 Å². The van der Waals surface area contributed by atoms with Gasteiger partial charge in [-0.05, 0) is 31.6 Å². The molecule has 5 nitrogen and oxygen atoms in total. The SMILES string of the molecule is NNc1cc(N2CCCC3CCCC32)nc(C(F)(F)F)n1. The van der Waals surface area contributed by atoms with E-state index in [1.807, 2.05) is 4.90 Å². The van der Waals surface area contributed by atoms with E-state index in [1.165, 1.54) is 6.07 Å². The smallest absolute Gasteiger partial charge is 0.353 e. The van der Waals surface area contributed by atoms with Crippen molar-refractivity contribution in [1.82, 2.24) is 9.97 Å². The van der Waals surface area contributed by atoms with Crippen molar-refractivity contribution in [2.45, 2.75) is 44.3 Å². The predicted molar refractivity (Wildman–Crippen MR) is 72.6 cm³/mol. The number of aromatic nitrogens is 2. The quantitative estimate of drug-likeness (QED) is 0.649. The average molecular weight is 301 g/mol. The number of piperidine rings is 1. The van der Waals surface area contributed by atoms with Crippen molar-refractivity contribution in [2.75, 3.05) is 16.9 Å². The molecule has 3 N–H and O–H groups in total. The highest BCUT2D eigenvalue weighted by Gasteiger charge is 2.39. The first-order valence-corrected chi connectivity index (χ1v) is 7.18. The molecule has 8 heteroatoms. The van der Waals surface area contributed by atoms with E-state index in [0.717, 1.165) is 38.6 Å². The molecule has 1 aromatic heterocycles. The van der Waals surface area contributed by atoms with Crippen LogP contribution in [0.25, 0.3) is 0 Å². The second kappa shape index (κ2) is 5.32. The van der Waals surface area contributed by atoms with Crippen LogP contribution in [-0.2, 0) is 6.18 Å². The highest BCUT2D eigenvalue weighted by Crippen LogP contribution is 2.39. The summed E-state index contributed by atoms with van der Waals surface area (Å²) in [4.78, 5) is 9.13. The zero-order valence-corrected chi connectivity index (χ0v) is 11.5. The molecule has 21 heavy (non-hydrogen) atoms. The van der Waals surface area contributed by atoms with Crippen molar-refractivity contribution in [3.8, 4) is 0 Å². The highest BCUT2D eigenvalue weighted by molar-refractivity contribution is 5.50. The van der Waals surface area contributed by atoms with E-state index < -0.39 is 12.0 Å². The Labute approximate surface area is 120 Å². The maximum absolute atomic E-state index is 12.9. The molecule has 1 saturated carbocycles. The normalized spacial score (nSPS) is 25.8. The molecule has 1 aliphatic heterocycles. The van der Waals surface area contributed by atoms with Crippen LogP contribution in [-0.4, -0.2) is 22.6 Å². The molecule has 0 amide bonds. The maximum Gasteiger partial charge on any atom is 0.451 e. The van der Waals surface area contributed by atoms with E-state index in [9.17, 15) is 13.2 Å². The van der Waals surface area contributed by atoms with Crippen LogP contribution in [0.1, 0.15) is 37.9 Å². The zero-order valence-electron chi connectivity index (χ0n) is 11.5. The standard InChI is InChI=1S/C13H18F3N5/c14-13(15,16)12-18-10(20-17)7-11(19-12)21-6-2-4-8-3-1-5-9(8)21/h7-9H,1-6,17H2,(H,18,19,20). The third kappa shape index (κ3) is 2.76. The van der Waals surface area contributed by atoms with Gasteiger partial charge in [-0.15, -0.1) is 0 Å². The van der Waals surface area contributed by atoms with Crippen molar-refractivity contribution >= 4 is 11.6 Å². The van der Waals surface area contributed by atoms with Crippen LogP contribution in [0.15, 0.2) is 6.07 Å². The van der Waals surface area contributed by atoms with E-state index in [0.29, 0.717) is 17.8 Å². The number of halogens is 3. The largest absolute Gasteiger partial charge is 0.451 e. The Morgan fingerprint density at radius 2 is 1.95 bits per heavy atom. The number of alkyl halides is 3. The van der Waals surface area contributed by atoms with Crippen molar-refractivity contribution in [3.05, 3.63) is 11.9 Å². The number of nitrogens with two attached hydrogens (primary N) is 1. The number of nitrogens with one attached hydrogen (secondary N) is 1. The van der Waals surface area contributed by atoms with Crippen molar-refractivity contribution < 1.29 is 13.2 Å². The summed E-state index contributed by atoms with van der Waals surface area (Å²) in [5, 5.41) is 0. The number of hydrogen-bond donors (Lipinski definition) is 2. The van der Waals surface area contributed by atoms with Gasteiger partial charge in [0.2, 0.25) is 5.82 Å². The third-order valence-electron chi connectivity index (χ3n) is 4.40. The number of nitrogens with zero attached hydrogens (tertiary/aromatic N) is 3. The maximum atomic E-state index is 12.9. The number of anilines is 2. The summed E-state index contributed by atoms with van der Waals surface area (Å²) in [6.07, 6.45) is 0.859. The lowest BCUT2D eigenvalue weighted by molar-refractivity contribution is -0.144. The lowest BCUT2D eigenvalue weighted by Crippen LogP contribution is -2.43. The van der Waals surface area contributed by atoms with E-state index in [4.69, 9.17) is 5.84 Å². The minimum atomic E-state index is -4.58. The molecule has 116 valence electrons. The van der Waals surface area contributed by atoms with E-state index in [2.05, 4.69) is 15.4 Å². The highest BCUT2D eigenvalue weighted by atomic mass is 19.4. The van der Waals surface area contributed by atoms with Gasteiger partial charge in [0.1, 0.15) is 11.6 Å². The van der Waals surface area contributed by atoms with Crippen LogP contribution in [0.4, 0.5) is 24.8 Å². The minimum absolute atomic E-state index is 0.00699. The molecular weight excluding hydrogens is 283 g/mol. The van der Waals surface area contributed by atoms with Crippen LogP contribution in [0.3, 0.4) is 0 Å². The summed E-state index contributed by atoms with van der Waals surface area (Å²) in [6, 6.07) is 1.79. The molecule has 0 bridgehead atoms. The van der Waals surface area contributed by atoms with Gasteiger partial charge in [-0.2, -0.15) is 13.2 Å². The molecule has 2 fully saturated rings. The van der Waals surface area contributed by atoms with Crippen LogP contribution in [0, 0.1) is 5.92 Å². The van der Waals surface area contributed by atoms with Crippen molar-refractivity contribution in [3.63, 3.8) is 0 Å². The van der Waals surface area contributed by atoms with Gasteiger partial charge in [-0.25, -0.2) is 15.8 Å². The van der Waals surface area contributed by atoms with E-state index >= 15 is 0 Å². The van der Waals surface area contributed by atoms with E-state index in [1.54, 1.807) is 0 Å². The van der Waals surface area contributed by atoms with Crippen LogP contribution in [0.2, 0.25) is 0 Å². The van der Waals surface area contributed by atoms with Gasteiger partial charge in [0.05, 0.1) is 0 Å². The Hall–Kier alpha value is -1.57. The molecule has 2 aliphatic rings. The minimum Gasteiger partial charge on any atom is -0.353 e. The Morgan fingerprint density at radius 1 is 1.19 bits per heavy atom. The Morgan fingerprint density at radius 3 is 2.67 bits per heavy atom. The Kier molecular flexibility index (Phi) is 3.64. The molecule has 2 unspecified atom stereocenters. The first-order valence-electron chi connectivity index (χ1n) is 7.18. The van der Waals surface area contributed by atoms with Gasteiger partial charge >= 0.3 is 6.18 Å². The molecule has 2 atom stereocenters. The first-order chi connectivity index (χ1) is 9.99. The molecule has 0 aromatic carbocycles. The number of hydrogen-bond acceptors (Lipinski definition) is 5. The van der Waals surface area contributed by atoms with Gasteiger partial charge < -0.3 is 10.3 Å². The van der Waals surface area contributed by atoms with Crippen molar-refractivity contribution in [1.29, 1.82) is 0 Å². The molecule has 1 saturated heterocycles. The summed E-state index contributed by atoms with van der Waals surface area (Å²) in [5.41, 5.74) is 2.20. The van der Waals surface area contributed by atoms with E-state index in [-0.39, 0.29) is 5.82 Å². The Bertz CT molecular complexity index is 519. The number of fused-ring (bicyclic) bond motifs is 1. The topological polar surface area (TPSA) is 67.1 Å². The lowest BCUT2D eigenvalue weighted by Gasteiger charge is -2.38. The van der Waals surface area contributed by atoms with Crippen LogP contribution < -0.4 is 16.2 Å². The monoisotopic (exact) mass is 301 g/mol. The first kappa shape index (κ1) is 14.4. The molecule has 0 radical (unpaired) electrons. The molecular formula is C13H18F3N5. The van der Waals surface area contributed by atoms with Gasteiger partial charge in [-0.3, -0.25) is 0 Å². The summed E-state index contributed by atoms with van der Waals surface area (Å²) in [6.45, 7) is 0.736. The molecule has 3 rings (SSSR count). The summed E-state index contributed by atoms with van der Waals surface area (Å²) in [7, 11) is 0. The third-order valence-corrected chi connectivity index (χ3v) is 4.40. The summed E-state index contributed by atoms with van der Waals surface area (Å²) in [5.74, 6) is 4.98. The van der Waals surface area contributed by atoms with Gasteiger partial charge in [0, 0.05) is 18.7 Å². The summed E-state index contributed by atoms with van der Waals surface area (Å²) >= 11 is 0. The van der Waals surface area contributed by atoms with Crippen LogP contribution in [0.5, 0.6) is 0 Å². The second-order valence-electron chi connectivity index (χ2n) is 5.67. The summed E-state index contributed by atoms with van der Waals surface area (Å²) < 4.78 is 38.7. The Balaban J connectivity index is 1.97. The number of rotatable bonds is 2. The van der Waals surface area contributed by atoms with Gasteiger partial charge in [-0.1, -0.05) is 6.42 Å². The fourth-order valence-corrected chi connectivity index (χ4v) is 3.52. The zero-order chi connectivity index (χ0) is 15.0. The molecule has 1 aliphatic carbocycles. The molecule has 2 heterocycles.